The van der Waals surface area contributed by atoms with E-state index in [0.717, 1.165) is 40.8 Å². The van der Waals surface area contributed by atoms with Gasteiger partial charge in [-0.1, -0.05) is 30.3 Å². The normalized spacial score (nSPS) is 15.3. The van der Waals surface area contributed by atoms with E-state index in [9.17, 15) is 4.79 Å². The van der Waals surface area contributed by atoms with Crippen LogP contribution >= 0.6 is 0 Å². The molecule has 0 radical (unpaired) electrons. The maximum atomic E-state index is 13.7. The molecule has 0 spiro atoms. The number of rotatable bonds is 6. The first-order chi connectivity index (χ1) is 18.1. The molecule has 2 aromatic heterocycles. The number of carbonyl (C=O) groups excluding carboxylic acids is 1. The summed E-state index contributed by atoms with van der Waals surface area (Å²) in [6.45, 7) is 3.34. The summed E-state index contributed by atoms with van der Waals surface area (Å²) in [5.41, 5.74) is 5.66. The topological polar surface area (TPSA) is 77.4 Å². The van der Waals surface area contributed by atoms with Gasteiger partial charge in [-0.05, 0) is 55.2 Å². The highest BCUT2D eigenvalue weighted by Gasteiger charge is 2.30. The van der Waals surface area contributed by atoms with Crippen molar-refractivity contribution in [3.05, 3.63) is 90.0 Å². The van der Waals surface area contributed by atoms with Crippen LogP contribution < -0.4 is 9.47 Å². The lowest BCUT2D eigenvalue weighted by Gasteiger charge is -2.34. The van der Waals surface area contributed by atoms with Crippen molar-refractivity contribution >= 4 is 5.91 Å². The van der Waals surface area contributed by atoms with Crippen LogP contribution in [0, 0.1) is 6.92 Å². The number of nitrogens with zero attached hydrogens (tertiary/aromatic N) is 4. The summed E-state index contributed by atoms with van der Waals surface area (Å²) in [4.78, 5) is 29.5. The molecule has 0 aliphatic carbocycles. The minimum atomic E-state index is -0.0682. The number of aryl methyl sites for hydroxylation is 1. The van der Waals surface area contributed by atoms with Crippen molar-refractivity contribution in [2.75, 3.05) is 27.3 Å². The lowest BCUT2D eigenvalue weighted by atomic mass is 9.88. The first kappa shape index (κ1) is 24.4. The van der Waals surface area contributed by atoms with Gasteiger partial charge in [0.25, 0.3) is 5.91 Å². The number of carbonyl (C=O) groups is 1. The molecule has 0 N–H and O–H groups in total. The lowest BCUT2D eigenvalue weighted by Crippen LogP contribution is -2.39. The third kappa shape index (κ3) is 4.89. The fraction of sp³-hybridized carbons (Fsp3) is 0.267. The number of hydrogen-bond donors (Lipinski definition) is 0. The Morgan fingerprint density at radius 3 is 2.54 bits per heavy atom. The van der Waals surface area contributed by atoms with Gasteiger partial charge < -0.3 is 14.4 Å². The number of benzene rings is 2. The van der Waals surface area contributed by atoms with Gasteiger partial charge >= 0.3 is 0 Å². The summed E-state index contributed by atoms with van der Waals surface area (Å²) in [5, 5.41) is 0. The standard InChI is InChI=1S/C30H30N4O3/c1-20-8-4-5-10-23(20)25-18-32-29(21-13-15-31-16-14-21)33-27(25)22-9-7-17-34(19-22)30(35)24-11-6-12-26(36-2)28(24)37-3/h4-6,8,10-16,18,22H,7,9,17,19H2,1-3H3. The second kappa shape index (κ2) is 10.8. The molecule has 1 aliphatic rings. The molecule has 4 aromatic rings. The largest absolute Gasteiger partial charge is 0.493 e. The number of likely N-dealkylation sites (tertiary alicyclic amines) is 1. The fourth-order valence-corrected chi connectivity index (χ4v) is 5.04. The van der Waals surface area contributed by atoms with E-state index in [0.29, 0.717) is 36.0 Å². The van der Waals surface area contributed by atoms with Gasteiger partial charge in [0, 0.05) is 48.7 Å². The molecule has 1 amide bonds. The summed E-state index contributed by atoms with van der Waals surface area (Å²) in [6.07, 6.45) is 7.23. The molecule has 1 atom stereocenters. The molecule has 0 saturated carbocycles. The third-order valence-electron chi connectivity index (χ3n) is 6.92. The highest BCUT2D eigenvalue weighted by Crippen LogP contribution is 2.37. The molecule has 1 fully saturated rings. The lowest BCUT2D eigenvalue weighted by molar-refractivity contribution is 0.0702. The van der Waals surface area contributed by atoms with Crippen molar-refractivity contribution in [1.82, 2.24) is 19.9 Å². The van der Waals surface area contributed by atoms with Crippen LogP contribution in [0.15, 0.2) is 73.2 Å². The summed E-state index contributed by atoms with van der Waals surface area (Å²) in [7, 11) is 3.13. The molecule has 5 rings (SSSR count). The molecular formula is C30H30N4O3. The van der Waals surface area contributed by atoms with Crippen molar-refractivity contribution in [1.29, 1.82) is 0 Å². The van der Waals surface area contributed by atoms with Crippen molar-refractivity contribution in [2.24, 2.45) is 0 Å². The number of amides is 1. The SMILES string of the molecule is COc1cccc(C(=O)N2CCCC(c3nc(-c4ccncc4)ncc3-c3ccccc3C)C2)c1OC. The predicted molar refractivity (Wildman–Crippen MR) is 143 cm³/mol. The zero-order valence-corrected chi connectivity index (χ0v) is 21.3. The van der Waals surface area contributed by atoms with Crippen LogP contribution in [-0.4, -0.2) is 53.1 Å². The molecule has 1 aliphatic heterocycles. The van der Waals surface area contributed by atoms with Gasteiger partial charge in [0.15, 0.2) is 17.3 Å². The van der Waals surface area contributed by atoms with Crippen LogP contribution in [0.25, 0.3) is 22.5 Å². The first-order valence-corrected chi connectivity index (χ1v) is 12.4. The Morgan fingerprint density at radius 1 is 0.973 bits per heavy atom. The molecule has 3 heterocycles. The molecular weight excluding hydrogens is 464 g/mol. The zero-order valence-electron chi connectivity index (χ0n) is 21.3. The van der Waals surface area contributed by atoms with Crippen LogP contribution in [0.3, 0.4) is 0 Å². The van der Waals surface area contributed by atoms with E-state index in [1.54, 1.807) is 38.7 Å². The van der Waals surface area contributed by atoms with Crippen LogP contribution in [0.5, 0.6) is 11.5 Å². The van der Waals surface area contributed by atoms with Gasteiger partial charge in [-0.3, -0.25) is 9.78 Å². The summed E-state index contributed by atoms with van der Waals surface area (Å²) < 4.78 is 11.0. The number of hydrogen-bond acceptors (Lipinski definition) is 6. The van der Waals surface area contributed by atoms with Gasteiger partial charge in [-0.15, -0.1) is 0 Å². The van der Waals surface area contributed by atoms with Crippen LogP contribution in [-0.2, 0) is 0 Å². The van der Waals surface area contributed by atoms with E-state index in [1.807, 2.05) is 41.4 Å². The van der Waals surface area contributed by atoms with Gasteiger partial charge in [0.05, 0.1) is 25.5 Å². The number of para-hydroxylation sites is 1. The molecule has 7 nitrogen and oxygen atoms in total. The maximum Gasteiger partial charge on any atom is 0.257 e. The van der Waals surface area contributed by atoms with Gasteiger partial charge in [-0.25, -0.2) is 9.97 Å². The highest BCUT2D eigenvalue weighted by atomic mass is 16.5. The van der Waals surface area contributed by atoms with Gasteiger partial charge in [-0.2, -0.15) is 0 Å². The van der Waals surface area contributed by atoms with Gasteiger partial charge in [0.2, 0.25) is 0 Å². The maximum absolute atomic E-state index is 13.7. The molecule has 1 saturated heterocycles. The summed E-state index contributed by atoms with van der Waals surface area (Å²) in [6, 6.07) is 17.5. The van der Waals surface area contributed by atoms with E-state index in [1.165, 1.54) is 0 Å². The Hall–Kier alpha value is -4.26. The Morgan fingerprint density at radius 2 is 1.78 bits per heavy atom. The van der Waals surface area contributed by atoms with Crippen molar-refractivity contribution in [2.45, 2.75) is 25.7 Å². The fourth-order valence-electron chi connectivity index (χ4n) is 5.04. The van der Waals surface area contributed by atoms with Crippen LogP contribution in [0.1, 0.15) is 40.4 Å². The smallest absolute Gasteiger partial charge is 0.257 e. The van der Waals surface area contributed by atoms with Crippen LogP contribution in [0.2, 0.25) is 0 Å². The Bertz CT molecular complexity index is 1410. The van der Waals surface area contributed by atoms with Gasteiger partial charge in [0.1, 0.15) is 0 Å². The predicted octanol–water partition coefficient (Wildman–Crippen LogP) is 5.55. The summed E-state index contributed by atoms with van der Waals surface area (Å²) in [5.74, 6) is 1.66. The Labute approximate surface area is 217 Å². The average molecular weight is 495 g/mol. The van der Waals surface area contributed by atoms with Crippen molar-refractivity contribution in [3.63, 3.8) is 0 Å². The Kier molecular flexibility index (Phi) is 7.12. The zero-order chi connectivity index (χ0) is 25.8. The number of aromatic nitrogens is 3. The monoisotopic (exact) mass is 494 g/mol. The van der Waals surface area contributed by atoms with Crippen molar-refractivity contribution in [3.8, 4) is 34.0 Å². The van der Waals surface area contributed by atoms with E-state index >= 15 is 0 Å². The molecule has 1 unspecified atom stereocenters. The Balaban J connectivity index is 1.53. The minimum absolute atomic E-state index is 0.0625. The molecule has 2 aromatic carbocycles. The van der Waals surface area contributed by atoms with E-state index in [2.05, 4.69) is 24.0 Å². The number of methoxy groups -OCH3 is 2. The molecule has 0 bridgehead atoms. The van der Waals surface area contributed by atoms with Crippen molar-refractivity contribution < 1.29 is 14.3 Å². The highest BCUT2D eigenvalue weighted by molar-refractivity contribution is 5.98. The van der Waals surface area contributed by atoms with E-state index in [4.69, 9.17) is 19.4 Å². The van der Waals surface area contributed by atoms with E-state index < -0.39 is 0 Å². The third-order valence-corrected chi connectivity index (χ3v) is 6.92. The second-order valence-corrected chi connectivity index (χ2v) is 9.17. The second-order valence-electron chi connectivity index (χ2n) is 9.17. The molecule has 7 heteroatoms. The first-order valence-electron chi connectivity index (χ1n) is 12.4. The quantitative estimate of drug-likeness (QED) is 0.350. The minimum Gasteiger partial charge on any atom is -0.493 e. The van der Waals surface area contributed by atoms with Crippen LogP contribution in [0.4, 0.5) is 0 Å². The molecule has 188 valence electrons. The summed E-state index contributed by atoms with van der Waals surface area (Å²) >= 11 is 0. The number of pyridine rings is 1. The average Bonchev–Trinajstić information content (AvgIpc) is 2.97. The number of piperidine rings is 1. The number of ether oxygens (including phenoxy) is 2. The molecule has 37 heavy (non-hydrogen) atoms. The van der Waals surface area contributed by atoms with E-state index in [-0.39, 0.29) is 11.8 Å².